The highest BCUT2D eigenvalue weighted by molar-refractivity contribution is 5.92. The number of hydrogen-bond donors (Lipinski definition) is 0. The van der Waals surface area contributed by atoms with Crippen molar-refractivity contribution < 1.29 is 14.1 Å². The number of nitrogens with zero attached hydrogens (tertiary/aromatic N) is 3. The van der Waals surface area contributed by atoms with Crippen LogP contribution in [0, 0.1) is 0 Å². The van der Waals surface area contributed by atoms with Gasteiger partial charge < -0.3 is 19.1 Å². The van der Waals surface area contributed by atoms with Crippen molar-refractivity contribution in [3.8, 4) is 0 Å². The standard InChI is InChI=1S/C19H23N3O3/c1-24-13-16-11-17(20-25-16)19(23)22-9-4-6-15(22)12-21-10-8-14-5-2-3-7-18(14)21/h2-3,5,7,11,15H,4,6,8-10,12-13H2,1H3/t15-/m0/s1. The highest BCUT2D eigenvalue weighted by atomic mass is 16.5. The number of hydrogen-bond acceptors (Lipinski definition) is 5. The van der Waals surface area contributed by atoms with E-state index in [9.17, 15) is 4.79 Å². The Morgan fingerprint density at radius 1 is 1.36 bits per heavy atom. The van der Waals surface area contributed by atoms with E-state index in [1.54, 1.807) is 13.2 Å². The average molecular weight is 341 g/mol. The van der Waals surface area contributed by atoms with Gasteiger partial charge in [-0.25, -0.2) is 0 Å². The Labute approximate surface area is 147 Å². The first-order valence-corrected chi connectivity index (χ1v) is 8.84. The lowest BCUT2D eigenvalue weighted by atomic mass is 10.1. The molecule has 1 aromatic heterocycles. The van der Waals surface area contributed by atoms with E-state index in [1.807, 2.05) is 4.90 Å². The topological polar surface area (TPSA) is 58.8 Å². The van der Waals surface area contributed by atoms with Crippen LogP contribution in [0.15, 0.2) is 34.9 Å². The summed E-state index contributed by atoms with van der Waals surface area (Å²) in [5.41, 5.74) is 3.09. The molecule has 25 heavy (non-hydrogen) atoms. The van der Waals surface area contributed by atoms with Crippen molar-refractivity contribution in [3.63, 3.8) is 0 Å². The smallest absolute Gasteiger partial charge is 0.276 e. The Morgan fingerprint density at radius 2 is 2.24 bits per heavy atom. The number of ether oxygens (including phenoxy) is 1. The van der Waals surface area contributed by atoms with E-state index in [2.05, 4.69) is 34.3 Å². The molecule has 0 N–H and O–H groups in total. The van der Waals surface area contributed by atoms with Gasteiger partial charge in [0.15, 0.2) is 11.5 Å². The molecule has 1 amide bonds. The normalized spacial score (nSPS) is 19.5. The molecule has 0 saturated carbocycles. The molecule has 1 saturated heterocycles. The van der Waals surface area contributed by atoms with Crippen LogP contribution in [0.5, 0.6) is 0 Å². The maximum absolute atomic E-state index is 12.8. The summed E-state index contributed by atoms with van der Waals surface area (Å²) >= 11 is 0. The Hall–Kier alpha value is -2.34. The first-order chi connectivity index (χ1) is 12.3. The van der Waals surface area contributed by atoms with Crippen molar-refractivity contribution in [2.45, 2.75) is 31.9 Å². The van der Waals surface area contributed by atoms with E-state index in [4.69, 9.17) is 9.26 Å². The molecule has 132 valence electrons. The maximum Gasteiger partial charge on any atom is 0.276 e. The van der Waals surface area contributed by atoms with Crippen LogP contribution >= 0.6 is 0 Å². The molecule has 6 nitrogen and oxygen atoms in total. The van der Waals surface area contributed by atoms with E-state index in [0.717, 1.165) is 38.9 Å². The molecule has 0 unspecified atom stereocenters. The van der Waals surface area contributed by atoms with Gasteiger partial charge >= 0.3 is 0 Å². The van der Waals surface area contributed by atoms with Crippen LogP contribution < -0.4 is 4.90 Å². The fourth-order valence-electron chi connectivity index (χ4n) is 3.91. The monoisotopic (exact) mass is 341 g/mol. The molecule has 0 aliphatic carbocycles. The third kappa shape index (κ3) is 3.14. The zero-order chi connectivity index (χ0) is 17.2. The Morgan fingerprint density at radius 3 is 3.12 bits per heavy atom. The predicted octanol–water partition coefficient (Wildman–Crippen LogP) is 2.49. The van der Waals surface area contributed by atoms with Crippen molar-refractivity contribution in [2.24, 2.45) is 0 Å². The van der Waals surface area contributed by atoms with Gasteiger partial charge in [0.25, 0.3) is 5.91 Å². The highest BCUT2D eigenvalue weighted by Gasteiger charge is 2.33. The second kappa shape index (κ2) is 6.88. The van der Waals surface area contributed by atoms with E-state index < -0.39 is 0 Å². The average Bonchev–Trinajstić information content (AvgIpc) is 3.35. The molecule has 3 heterocycles. The summed E-state index contributed by atoms with van der Waals surface area (Å²) < 4.78 is 10.2. The molecule has 2 aliphatic rings. The second-order valence-corrected chi connectivity index (χ2v) is 6.73. The van der Waals surface area contributed by atoms with Gasteiger partial charge in [-0.2, -0.15) is 0 Å². The minimum absolute atomic E-state index is 0.0407. The first kappa shape index (κ1) is 16.1. The lowest BCUT2D eigenvalue weighted by molar-refractivity contribution is 0.0729. The van der Waals surface area contributed by atoms with E-state index in [1.165, 1.54) is 11.3 Å². The molecule has 0 bridgehead atoms. The lowest BCUT2D eigenvalue weighted by Gasteiger charge is -2.29. The molecule has 1 atom stereocenters. The highest BCUT2D eigenvalue weighted by Crippen LogP contribution is 2.30. The van der Waals surface area contributed by atoms with Crippen LogP contribution in [0.3, 0.4) is 0 Å². The number of carbonyl (C=O) groups is 1. The largest absolute Gasteiger partial charge is 0.377 e. The van der Waals surface area contributed by atoms with Crippen LogP contribution in [0.1, 0.15) is 34.7 Å². The molecule has 1 aromatic carbocycles. The number of benzene rings is 1. The predicted molar refractivity (Wildman–Crippen MR) is 93.6 cm³/mol. The summed E-state index contributed by atoms with van der Waals surface area (Å²) in [6, 6.07) is 10.5. The van der Waals surface area contributed by atoms with Crippen molar-refractivity contribution in [2.75, 3.05) is 31.6 Å². The summed E-state index contributed by atoms with van der Waals surface area (Å²) in [7, 11) is 1.59. The summed E-state index contributed by atoms with van der Waals surface area (Å²) in [5, 5.41) is 3.92. The number of anilines is 1. The van der Waals surface area contributed by atoms with Gasteiger partial charge in [-0.15, -0.1) is 0 Å². The summed E-state index contributed by atoms with van der Waals surface area (Å²) in [4.78, 5) is 17.2. The van der Waals surface area contributed by atoms with Crippen LogP contribution in [-0.4, -0.2) is 48.7 Å². The fraction of sp³-hybridized carbons (Fsp3) is 0.474. The van der Waals surface area contributed by atoms with E-state index in [-0.39, 0.29) is 11.9 Å². The molecule has 0 radical (unpaired) electrons. The third-order valence-electron chi connectivity index (χ3n) is 5.12. The molecular formula is C19H23N3O3. The lowest BCUT2D eigenvalue weighted by Crippen LogP contribution is -2.43. The van der Waals surface area contributed by atoms with Gasteiger partial charge in [0.2, 0.25) is 0 Å². The number of carbonyl (C=O) groups excluding carboxylic acids is 1. The third-order valence-corrected chi connectivity index (χ3v) is 5.12. The minimum Gasteiger partial charge on any atom is -0.377 e. The number of amides is 1. The Balaban J connectivity index is 1.46. The molecule has 2 aromatic rings. The van der Waals surface area contributed by atoms with Gasteiger partial charge in [-0.1, -0.05) is 23.4 Å². The fourth-order valence-corrected chi connectivity index (χ4v) is 3.91. The molecule has 1 fully saturated rings. The number of para-hydroxylation sites is 1. The summed E-state index contributed by atoms with van der Waals surface area (Å²) in [6.07, 6.45) is 3.16. The second-order valence-electron chi connectivity index (χ2n) is 6.73. The van der Waals surface area contributed by atoms with Gasteiger partial charge in [0.05, 0.1) is 0 Å². The molecule has 4 rings (SSSR count). The van der Waals surface area contributed by atoms with Crippen molar-refractivity contribution in [1.82, 2.24) is 10.1 Å². The van der Waals surface area contributed by atoms with Crippen molar-refractivity contribution >= 4 is 11.6 Å². The number of methoxy groups -OCH3 is 1. The number of fused-ring (bicyclic) bond motifs is 1. The number of rotatable bonds is 5. The first-order valence-electron chi connectivity index (χ1n) is 8.84. The molecular weight excluding hydrogens is 318 g/mol. The number of aromatic nitrogens is 1. The number of likely N-dealkylation sites (tertiary alicyclic amines) is 1. The van der Waals surface area contributed by atoms with Gasteiger partial charge in [-0.3, -0.25) is 4.79 Å². The minimum atomic E-state index is -0.0407. The quantitative estimate of drug-likeness (QED) is 0.836. The van der Waals surface area contributed by atoms with Crippen LogP contribution in [0.25, 0.3) is 0 Å². The molecule has 2 aliphatic heterocycles. The van der Waals surface area contributed by atoms with Gasteiger partial charge in [0, 0.05) is 44.5 Å². The van der Waals surface area contributed by atoms with Gasteiger partial charge in [0.1, 0.15) is 6.61 Å². The Kier molecular flexibility index (Phi) is 4.44. The zero-order valence-electron chi connectivity index (χ0n) is 14.5. The molecule has 0 spiro atoms. The summed E-state index contributed by atoms with van der Waals surface area (Å²) in [5.74, 6) is 0.538. The SMILES string of the molecule is COCc1cc(C(=O)N2CCC[C@H]2CN2CCc3ccccc32)no1. The maximum atomic E-state index is 12.8. The van der Waals surface area contributed by atoms with Crippen LogP contribution in [-0.2, 0) is 17.8 Å². The van der Waals surface area contributed by atoms with Crippen molar-refractivity contribution in [1.29, 1.82) is 0 Å². The van der Waals surface area contributed by atoms with E-state index in [0.29, 0.717) is 18.1 Å². The van der Waals surface area contributed by atoms with Crippen molar-refractivity contribution in [3.05, 3.63) is 47.3 Å². The molecule has 6 heteroatoms. The Bertz CT molecular complexity index is 758. The van der Waals surface area contributed by atoms with Gasteiger partial charge in [-0.05, 0) is 30.9 Å². The summed E-state index contributed by atoms with van der Waals surface area (Å²) in [6.45, 7) is 3.02. The van der Waals surface area contributed by atoms with Crippen LogP contribution in [0.2, 0.25) is 0 Å². The zero-order valence-corrected chi connectivity index (χ0v) is 14.5. The van der Waals surface area contributed by atoms with Crippen LogP contribution in [0.4, 0.5) is 5.69 Å². The van der Waals surface area contributed by atoms with E-state index >= 15 is 0 Å².